The Hall–Kier alpha value is -2.12. The van der Waals surface area contributed by atoms with Crippen molar-refractivity contribution in [3.05, 3.63) is 51.6 Å². The maximum atomic E-state index is 12.9. The summed E-state index contributed by atoms with van der Waals surface area (Å²) >= 11 is 2.46. The first-order valence-corrected chi connectivity index (χ1v) is 8.84. The van der Waals surface area contributed by atoms with Crippen molar-refractivity contribution in [2.75, 3.05) is 5.75 Å². The number of thioether (sulfide) groups is 1. The van der Waals surface area contributed by atoms with E-state index >= 15 is 0 Å². The third-order valence-corrected chi connectivity index (χ3v) is 5.35. The van der Waals surface area contributed by atoms with Gasteiger partial charge in [-0.1, -0.05) is 36.9 Å². The number of aromatic nitrogens is 2. The fraction of sp³-hybridized carbons (Fsp3) is 0.188. The number of aliphatic carboxylic acids is 1. The summed E-state index contributed by atoms with van der Waals surface area (Å²) in [6.45, 7) is 2.02. The fourth-order valence-corrected chi connectivity index (χ4v) is 3.95. The molecule has 0 aliphatic carbocycles. The molecule has 2 aromatic heterocycles. The molecule has 0 spiro atoms. The Morgan fingerprint density at radius 3 is 2.74 bits per heavy atom. The zero-order chi connectivity index (χ0) is 16.4. The Balaban J connectivity index is 2.24. The van der Waals surface area contributed by atoms with Gasteiger partial charge in [-0.05, 0) is 24.6 Å². The molecule has 3 rings (SSSR count). The SMILES string of the molecule is CCc1cc2c(=O)n(-c3ccccc3)c(SCC(=O)[O-])nc2s1. The number of benzene rings is 1. The summed E-state index contributed by atoms with van der Waals surface area (Å²) < 4.78 is 1.46. The molecule has 118 valence electrons. The first kappa shape index (κ1) is 15.8. The molecular weight excluding hydrogens is 332 g/mol. The lowest BCUT2D eigenvalue weighted by Gasteiger charge is -2.12. The van der Waals surface area contributed by atoms with Crippen LogP contribution in [0, 0.1) is 0 Å². The fourth-order valence-electron chi connectivity index (χ4n) is 2.21. The molecule has 0 unspecified atom stereocenters. The third-order valence-electron chi connectivity index (χ3n) is 3.27. The highest BCUT2D eigenvalue weighted by atomic mass is 32.2. The molecule has 0 N–H and O–H groups in total. The molecule has 0 radical (unpaired) electrons. The van der Waals surface area contributed by atoms with Gasteiger partial charge in [-0.25, -0.2) is 4.98 Å². The average molecular weight is 345 g/mol. The van der Waals surface area contributed by atoms with Gasteiger partial charge in [0.1, 0.15) is 4.83 Å². The molecule has 0 fully saturated rings. The van der Waals surface area contributed by atoms with E-state index in [1.54, 1.807) is 12.1 Å². The molecule has 0 aliphatic rings. The van der Waals surface area contributed by atoms with E-state index in [0.717, 1.165) is 23.1 Å². The number of nitrogens with zero attached hydrogens (tertiary/aromatic N) is 2. The maximum absolute atomic E-state index is 12.9. The van der Waals surface area contributed by atoms with Crippen LogP contribution in [0.2, 0.25) is 0 Å². The molecular formula is C16H13N2O3S2-. The van der Waals surface area contributed by atoms with Crippen LogP contribution in [0.5, 0.6) is 0 Å². The van der Waals surface area contributed by atoms with E-state index in [0.29, 0.717) is 21.1 Å². The second-order valence-electron chi connectivity index (χ2n) is 4.82. The van der Waals surface area contributed by atoms with Crippen LogP contribution in [0.3, 0.4) is 0 Å². The lowest BCUT2D eigenvalue weighted by atomic mass is 10.3. The summed E-state index contributed by atoms with van der Waals surface area (Å²) in [5, 5.41) is 11.7. The number of carbonyl (C=O) groups is 1. The monoisotopic (exact) mass is 345 g/mol. The highest BCUT2D eigenvalue weighted by Crippen LogP contribution is 2.26. The Labute approximate surface area is 140 Å². The normalized spacial score (nSPS) is 11.0. The minimum absolute atomic E-state index is 0.182. The van der Waals surface area contributed by atoms with E-state index in [1.165, 1.54) is 15.9 Å². The van der Waals surface area contributed by atoms with Crippen molar-refractivity contribution in [1.82, 2.24) is 9.55 Å². The van der Waals surface area contributed by atoms with Crippen LogP contribution in [0.15, 0.2) is 46.3 Å². The molecule has 0 aliphatic heterocycles. The minimum Gasteiger partial charge on any atom is -0.549 e. The molecule has 1 aromatic carbocycles. The molecule has 7 heteroatoms. The van der Waals surface area contributed by atoms with Crippen molar-refractivity contribution in [3.63, 3.8) is 0 Å². The number of carboxylic acid groups (broad SMARTS) is 1. The lowest BCUT2D eigenvalue weighted by Crippen LogP contribution is -2.26. The van der Waals surface area contributed by atoms with Crippen LogP contribution in [0.1, 0.15) is 11.8 Å². The van der Waals surface area contributed by atoms with E-state index in [9.17, 15) is 14.7 Å². The van der Waals surface area contributed by atoms with E-state index < -0.39 is 5.97 Å². The Morgan fingerprint density at radius 2 is 2.09 bits per heavy atom. The number of rotatable bonds is 5. The van der Waals surface area contributed by atoms with E-state index in [4.69, 9.17) is 0 Å². The molecule has 23 heavy (non-hydrogen) atoms. The van der Waals surface area contributed by atoms with Crippen molar-refractivity contribution in [2.45, 2.75) is 18.5 Å². The molecule has 3 aromatic rings. The lowest BCUT2D eigenvalue weighted by molar-refractivity contribution is -0.301. The van der Waals surface area contributed by atoms with Gasteiger partial charge in [0.2, 0.25) is 0 Å². The second kappa shape index (κ2) is 6.55. The predicted molar refractivity (Wildman–Crippen MR) is 90.3 cm³/mol. The molecule has 0 bridgehead atoms. The molecule has 0 saturated carbocycles. The van der Waals surface area contributed by atoms with Crippen molar-refractivity contribution in [3.8, 4) is 5.69 Å². The first-order chi connectivity index (χ1) is 11.1. The van der Waals surface area contributed by atoms with E-state index in [-0.39, 0.29) is 11.3 Å². The molecule has 0 atom stereocenters. The van der Waals surface area contributed by atoms with Crippen LogP contribution in [0.4, 0.5) is 0 Å². The molecule has 0 saturated heterocycles. The van der Waals surface area contributed by atoms with Gasteiger partial charge in [0.05, 0.1) is 17.0 Å². The highest BCUT2D eigenvalue weighted by molar-refractivity contribution is 7.99. The zero-order valence-corrected chi connectivity index (χ0v) is 13.9. The smallest absolute Gasteiger partial charge is 0.267 e. The minimum atomic E-state index is -1.19. The summed E-state index contributed by atoms with van der Waals surface area (Å²) in [5.74, 6) is -1.44. The van der Waals surface area contributed by atoms with Gasteiger partial charge in [0, 0.05) is 10.6 Å². The standard InChI is InChI=1S/C16H14N2O3S2/c1-2-11-8-12-14(23-11)17-16(22-9-13(19)20)18(15(12)21)10-6-4-3-5-7-10/h3-8H,2,9H2,1H3,(H,19,20)/p-1. The highest BCUT2D eigenvalue weighted by Gasteiger charge is 2.15. The third kappa shape index (κ3) is 3.16. The predicted octanol–water partition coefficient (Wildman–Crippen LogP) is 1.85. The maximum Gasteiger partial charge on any atom is 0.267 e. The van der Waals surface area contributed by atoms with Gasteiger partial charge in [-0.15, -0.1) is 11.3 Å². The Bertz CT molecular complexity index is 916. The number of hydrogen-bond acceptors (Lipinski definition) is 6. The van der Waals surface area contributed by atoms with Crippen LogP contribution in [-0.4, -0.2) is 21.3 Å². The van der Waals surface area contributed by atoms with E-state index in [1.807, 2.05) is 31.2 Å². The van der Waals surface area contributed by atoms with Gasteiger partial charge < -0.3 is 9.90 Å². The van der Waals surface area contributed by atoms with Crippen LogP contribution in [-0.2, 0) is 11.2 Å². The number of fused-ring (bicyclic) bond motifs is 1. The van der Waals surface area contributed by atoms with Crippen molar-refractivity contribution in [2.24, 2.45) is 0 Å². The number of para-hydroxylation sites is 1. The largest absolute Gasteiger partial charge is 0.549 e. The summed E-state index contributed by atoms with van der Waals surface area (Å²) in [5.41, 5.74) is 0.481. The first-order valence-electron chi connectivity index (χ1n) is 7.03. The van der Waals surface area contributed by atoms with Gasteiger partial charge in [0.15, 0.2) is 5.16 Å². The number of aryl methyl sites for hydroxylation is 1. The zero-order valence-electron chi connectivity index (χ0n) is 12.3. The number of carbonyl (C=O) groups excluding carboxylic acids is 1. The van der Waals surface area contributed by atoms with Gasteiger partial charge in [0.25, 0.3) is 5.56 Å². The summed E-state index contributed by atoms with van der Waals surface area (Å²) in [6, 6.07) is 11.0. The summed E-state index contributed by atoms with van der Waals surface area (Å²) in [7, 11) is 0. The van der Waals surface area contributed by atoms with Crippen molar-refractivity contribution in [1.29, 1.82) is 0 Å². The quantitative estimate of drug-likeness (QED) is 0.521. The van der Waals surface area contributed by atoms with Gasteiger partial charge in [-0.2, -0.15) is 0 Å². The average Bonchev–Trinajstić information content (AvgIpc) is 2.97. The van der Waals surface area contributed by atoms with Crippen molar-refractivity contribution < 1.29 is 9.90 Å². The second-order valence-corrected chi connectivity index (χ2v) is 6.87. The summed E-state index contributed by atoms with van der Waals surface area (Å²) in [6.07, 6.45) is 0.827. The number of carboxylic acids is 1. The van der Waals surface area contributed by atoms with Gasteiger partial charge in [-0.3, -0.25) is 9.36 Å². The van der Waals surface area contributed by atoms with Crippen LogP contribution < -0.4 is 10.7 Å². The number of thiophene rings is 1. The van der Waals surface area contributed by atoms with Crippen LogP contribution in [0.25, 0.3) is 15.9 Å². The van der Waals surface area contributed by atoms with Crippen molar-refractivity contribution >= 4 is 39.3 Å². The number of hydrogen-bond donors (Lipinski definition) is 0. The molecule has 2 heterocycles. The summed E-state index contributed by atoms with van der Waals surface area (Å²) in [4.78, 5) is 29.9. The molecule has 0 amide bonds. The molecule has 5 nitrogen and oxygen atoms in total. The topological polar surface area (TPSA) is 75.0 Å². The Morgan fingerprint density at radius 1 is 1.35 bits per heavy atom. The van der Waals surface area contributed by atoms with Gasteiger partial charge >= 0.3 is 0 Å². The van der Waals surface area contributed by atoms with Crippen LogP contribution >= 0.6 is 23.1 Å². The van der Waals surface area contributed by atoms with E-state index in [2.05, 4.69) is 4.98 Å². The Kier molecular flexibility index (Phi) is 4.49.